The number of halogens is 4. The number of ketones is 2. The molecule has 6 aromatic rings. The molecule has 2 saturated carbocycles. The van der Waals surface area contributed by atoms with Gasteiger partial charge in [-0.05, 0) is 136 Å². The van der Waals surface area contributed by atoms with Crippen LogP contribution in [0.3, 0.4) is 0 Å². The summed E-state index contributed by atoms with van der Waals surface area (Å²) in [6.07, 6.45) is 18.7. The first-order valence-electron chi connectivity index (χ1n) is 30.2. The van der Waals surface area contributed by atoms with E-state index in [0.717, 1.165) is 82.9 Å². The van der Waals surface area contributed by atoms with Crippen molar-refractivity contribution in [2.24, 2.45) is 34.5 Å². The van der Waals surface area contributed by atoms with Gasteiger partial charge in [0.05, 0.1) is 83.6 Å². The van der Waals surface area contributed by atoms with Crippen LogP contribution in [0.5, 0.6) is 10.4 Å². The Bertz CT molecular complexity index is 3570. The van der Waals surface area contributed by atoms with Gasteiger partial charge in [0.2, 0.25) is 11.8 Å². The van der Waals surface area contributed by atoms with Gasteiger partial charge in [-0.1, -0.05) is 155 Å². The van der Waals surface area contributed by atoms with Crippen LogP contribution in [0.2, 0.25) is 20.1 Å². The van der Waals surface area contributed by atoms with Crippen LogP contribution in [0.15, 0.2) is 109 Å². The molecule has 6 aliphatic rings. The standard InChI is InChI=1S/C34H36Cl2N2O5S.C33H34Cl2N2O5S.Na.H2O/c1-42-32(41)34-18-23(34)10-6-4-2-3-5-9-22(15-21-13-14-25(35)26(36)16-21)31(40)38-20-24(17-28(38)29(39)19-34)43-33-37-27-11-7-8-12-30(27)44-33;34-24-13-12-20(15-25(24)35)14-21-8-4-2-1-3-5-9-22-17-33(22,31(40)41)18-28(38)27-16-23(19-37(27)30(21)39)42-32-36-26-10-6-7-11-29(26)43-32;;/h6-8,10-14,16,22-24,28H,2-5,9,15,17-20H2,1H3;5-7,9-13,15,21-23,27H,1-4,8,14,16-19H2,(H,40,41);;1H2/q;;+1;/p-1/b10-6-;9-5-;;/t22-,23-,24-,28+,34-;21-,22-,23-,27+,33-;;/m11../s1. The molecule has 4 aromatic carbocycles. The topological polar surface area (TPSA) is 213 Å². The van der Waals surface area contributed by atoms with Crippen molar-refractivity contribution in [1.82, 2.24) is 19.8 Å². The molecule has 2 N–H and O–H groups in total. The molecule has 0 unspecified atom stereocenters. The molecule has 2 aromatic heterocycles. The van der Waals surface area contributed by atoms with E-state index in [0.29, 0.717) is 81.8 Å². The smallest absolute Gasteiger partial charge is 0.870 e. The molecule has 10 atom stereocenters. The number of aliphatic carboxylic acids is 1. The number of esters is 1. The Labute approximate surface area is 568 Å². The predicted molar refractivity (Wildman–Crippen MR) is 342 cm³/mol. The second kappa shape index (κ2) is 30.2. The number of hydrogen-bond donors (Lipinski definition) is 1. The Morgan fingerprint density at radius 2 is 1.04 bits per heavy atom. The molecular weight excluding hydrogens is 1270 g/mol. The van der Waals surface area contributed by atoms with Crippen LogP contribution in [0, 0.1) is 34.5 Å². The zero-order valence-electron chi connectivity index (χ0n) is 49.8. The first-order valence-corrected chi connectivity index (χ1v) is 33.4. The molecule has 0 radical (unpaired) electrons. The maximum Gasteiger partial charge on any atom is 1.00 e. The molecule has 89 heavy (non-hydrogen) atoms. The third kappa shape index (κ3) is 15.9. The van der Waals surface area contributed by atoms with Crippen molar-refractivity contribution in [2.45, 2.75) is 140 Å². The third-order valence-electron chi connectivity index (χ3n) is 18.4. The maximum atomic E-state index is 14.4. The van der Waals surface area contributed by atoms with E-state index in [1.54, 1.807) is 28.0 Å². The van der Waals surface area contributed by atoms with Crippen molar-refractivity contribution in [3.63, 3.8) is 0 Å². The molecule has 4 fully saturated rings. The van der Waals surface area contributed by atoms with E-state index in [1.165, 1.54) is 29.8 Å². The second-order valence-corrected chi connectivity index (χ2v) is 27.9. The minimum Gasteiger partial charge on any atom is -0.870 e. The molecule has 6 heterocycles. The summed E-state index contributed by atoms with van der Waals surface area (Å²) in [5, 5.41) is 13.0. The summed E-state index contributed by atoms with van der Waals surface area (Å²) in [5.41, 5.74) is 1.54. The zero-order valence-corrected chi connectivity index (χ0v) is 56.5. The molecule has 0 spiro atoms. The number of methoxy groups -OCH3 is 1. The fourth-order valence-electron chi connectivity index (χ4n) is 13.4. The summed E-state index contributed by atoms with van der Waals surface area (Å²) in [7, 11) is 1.37. The van der Waals surface area contributed by atoms with Gasteiger partial charge in [-0.25, -0.2) is 9.97 Å². The van der Waals surface area contributed by atoms with Gasteiger partial charge in [0.1, 0.15) is 12.2 Å². The quantitative estimate of drug-likeness (QED) is 0.0769. The van der Waals surface area contributed by atoms with Gasteiger partial charge < -0.3 is 34.6 Å². The average Bonchev–Trinajstić information content (AvgIpc) is 1.68. The Morgan fingerprint density at radius 3 is 1.48 bits per heavy atom. The molecule has 4 aliphatic heterocycles. The number of Topliss-reactive ketones (excluding diaryl/α,β-unsaturated/α-hetero) is 2. The summed E-state index contributed by atoms with van der Waals surface area (Å²) in [6, 6.07) is 25.0. The first-order chi connectivity index (χ1) is 42.0. The van der Waals surface area contributed by atoms with Crippen LogP contribution in [0.1, 0.15) is 114 Å². The van der Waals surface area contributed by atoms with Gasteiger partial charge in [-0.2, -0.15) is 0 Å². The summed E-state index contributed by atoms with van der Waals surface area (Å²) in [6.45, 7) is 0.518. The van der Waals surface area contributed by atoms with Crippen LogP contribution in [0.4, 0.5) is 0 Å². The van der Waals surface area contributed by atoms with Crippen LogP contribution >= 0.6 is 69.1 Å². The maximum absolute atomic E-state index is 14.4. The van der Waals surface area contributed by atoms with Gasteiger partial charge in [0, 0.05) is 37.5 Å². The number of carbonyl (C=O) groups excluding carboxylic acids is 5. The van der Waals surface area contributed by atoms with E-state index >= 15 is 0 Å². The number of para-hydroxylation sites is 2. The fraction of sp³-hybridized carbons (Fsp3) is 0.463. The summed E-state index contributed by atoms with van der Waals surface area (Å²) in [5.74, 6) is -2.74. The molecule has 15 nitrogen and oxygen atoms in total. The number of allylic oxidation sites excluding steroid dienone is 4. The van der Waals surface area contributed by atoms with E-state index < -0.39 is 41.1 Å². The number of fused-ring (bicyclic) bond motifs is 6. The van der Waals surface area contributed by atoms with E-state index in [9.17, 15) is 33.9 Å². The number of rotatable bonds is 10. The van der Waals surface area contributed by atoms with E-state index in [4.69, 9.17) is 60.6 Å². The number of ether oxygens (including phenoxy) is 3. The largest absolute Gasteiger partial charge is 1.00 e. The first kappa shape index (κ1) is 68.4. The molecular formula is C67H71Cl4N4NaO11S2. The van der Waals surface area contributed by atoms with Crippen LogP contribution in [-0.2, 0) is 46.3 Å². The summed E-state index contributed by atoms with van der Waals surface area (Å²) < 4.78 is 19.8. The molecule has 2 amide bonds. The van der Waals surface area contributed by atoms with Crippen LogP contribution in [0.25, 0.3) is 20.4 Å². The number of aromatic nitrogens is 2. The number of hydrogen-bond acceptors (Lipinski definition) is 14. The molecule has 0 bridgehead atoms. The Kier molecular flexibility index (Phi) is 23.2. The van der Waals surface area contributed by atoms with Gasteiger partial charge in [-0.3, -0.25) is 28.8 Å². The number of amides is 2. The molecule has 22 heteroatoms. The number of thiazole rings is 2. The van der Waals surface area contributed by atoms with Crippen molar-refractivity contribution in [3.8, 4) is 10.4 Å². The van der Waals surface area contributed by atoms with Gasteiger partial charge in [0.25, 0.3) is 10.4 Å². The molecule has 12 rings (SSSR count). The Morgan fingerprint density at radius 1 is 0.607 bits per heavy atom. The SMILES string of the molecule is COC(=O)[C@]12CC(=O)[C@@H]3C[C@@H](Oc4nc5ccccc5s4)CN3C(=O)[C@@H](Cc3ccc(Cl)c(Cl)c3)CCCCC/C=C\[C@@H]1C2.O=C1C[C@]2(C(=O)O)C[C@H]2/C=C\CCCCC[C@H](Cc2ccc(Cl)c(Cl)c2)C(=O)N2C[C@H](Oc3nc4ccccc4s3)C[C@@H]12.[Na+].[OH-]. The zero-order chi connectivity index (χ0) is 61.0. The number of carboxylic acid groups (broad SMARTS) is 1. The van der Waals surface area contributed by atoms with Gasteiger partial charge >= 0.3 is 41.5 Å². The third-order valence-corrected chi connectivity index (χ3v) is 21.7. The second-order valence-electron chi connectivity index (χ2n) is 24.3. The Hall–Kier alpha value is -4.92. The Balaban J connectivity index is 0.000000207. The van der Waals surface area contributed by atoms with Crippen molar-refractivity contribution < 1.29 is 83.1 Å². The van der Waals surface area contributed by atoms with E-state index in [1.807, 2.05) is 72.8 Å². The van der Waals surface area contributed by atoms with Crippen molar-refractivity contribution >= 4 is 125 Å². The van der Waals surface area contributed by atoms with Gasteiger partial charge in [0.15, 0.2) is 11.6 Å². The molecule has 2 saturated heterocycles. The molecule has 2 aliphatic carbocycles. The minimum absolute atomic E-state index is 0. The summed E-state index contributed by atoms with van der Waals surface area (Å²) >= 11 is 27.8. The van der Waals surface area contributed by atoms with E-state index in [-0.39, 0.29) is 114 Å². The molecule has 466 valence electrons. The monoisotopic (exact) mass is 1330 g/mol. The number of carbonyl (C=O) groups is 6. The number of benzene rings is 4. The number of carboxylic acids is 1. The average molecular weight is 1340 g/mol. The van der Waals surface area contributed by atoms with Crippen molar-refractivity contribution in [3.05, 3.63) is 140 Å². The van der Waals surface area contributed by atoms with Crippen LogP contribution < -0.4 is 39.0 Å². The fourth-order valence-corrected chi connectivity index (χ4v) is 15.8. The summed E-state index contributed by atoms with van der Waals surface area (Å²) in [4.78, 5) is 94.7. The number of nitrogens with zero attached hydrogens (tertiary/aromatic N) is 4. The van der Waals surface area contributed by atoms with E-state index in [2.05, 4.69) is 28.2 Å². The predicted octanol–water partition coefficient (Wildman–Crippen LogP) is 11.7. The normalized spacial score (nSPS) is 28.1. The van der Waals surface area contributed by atoms with Crippen molar-refractivity contribution in [1.29, 1.82) is 0 Å². The minimum atomic E-state index is -1.10. The van der Waals surface area contributed by atoms with Crippen molar-refractivity contribution in [2.75, 3.05) is 20.2 Å². The van der Waals surface area contributed by atoms with Gasteiger partial charge in [-0.15, -0.1) is 0 Å². The van der Waals surface area contributed by atoms with Crippen LogP contribution in [-0.4, -0.2) is 110 Å².